The molecule has 0 spiro atoms. The van der Waals surface area contributed by atoms with Crippen LogP contribution in [0.4, 0.5) is 0 Å². The smallest absolute Gasteiger partial charge is 0.166 e. The zero-order chi connectivity index (χ0) is 16.2. The van der Waals surface area contributed by atoms with E-state index < -0.39 is 0 Å². The molecule has 118 valence electrons. The predicted molar refractivity (Wildman–Crippen MR) is 90.3 cm³/mol. The molecule has 1 aliphatic rings. The molecule has 1 fully saturated rings. The fraction of sp³-hybridized carbons (Fsp3) is 0.250. The second-order valence-corrected chi connectivity index (χ2v) is 5.68. The van der Waals surface area contributed by atoms with Crippen molar-refractivity contribution in [2.24, 2.45) is 5.92 Å². The normalized spacial score (nSPS) is 19.0. The maximum Gasteiger partial charge on any atom is 0.166 e. The topological polar surface area (TPSA) is 35.5 Å². The molecule has 1 saturated carbocycles. The number of benzene rings is 2. The number of methoxy groups -OCH3 is 1. The van der Waals surface area contributed by atoms with Gasteiger partial charge in [-0.15, -0.1) is 0 Å². The van der Waals surface area contributed by atoms with Gasteiger partial charge in [0, 0.05) is 11.5 Å². The molecular weight excluding hydrogens is 288 g/mol. The van der Waals surface area contributed by atoms with Crippen molar-refractivity contribution < 1.29 is 14.3 Å². The van der Waals surface area contributed by atoms with E-state index in [1.54, 1.807) is 13.2 Å². The summed E-state index contributed by atoms with van der Waals surface area (Å²) in [5, 5.41) is 0. The van der Waals surface area contributed by atoms with E-state index in [0.717, 1.165) is 29.0 Å². The van der Waals surface area contributed by atoms with Crippen LogP contribution in [-0.4, -0.2) is 19.5 Å². The van der Waals surface area contributed by atoms with E-state index in [1.165, 1.54) is 0 Å². The maximum absolute atomic E-state index is 12.6. The van der Waals surface area contributed by atoms with Crippen molar-refractivity contribution in [2.75, 3.05) is 13.7 Å². The van der Waals surface area contributed by atoms with Crippen molar-refractivity contribution >= 4 is 5.78 Å². The lowest BCUT2D eigenvalue weighted by molar-refractivity contribution is 0.0965. The Labute approximate surface area is 136 Å². The van der Waals surface area contributed by atoms with Crippen LogP contribution < -0.4 is 9.47 Å². The standard InChI is InChI=1S/C20H20O3/c1-3-12-23-19-7-5-4-6-16(19)17-13-18(17)20(21)14-8-10-15(22-2)11-9-14/h3-11,17-18H,1,12-13H2,2H3/t17-,18+/m1/s1. The average Bonchev–Trinajstić information content (AvgIpc) is 3.40. The third-order valence-electron chi connectivity index (χ3n) is 4.18. The summed E-state index contributed by atoms with van der Waals surface area (Å²) in [7, 11) is 1.62. The number of Topliss-reactive ketones (excluding diaryl/α,β-unsaturated/α-hetero) is 1. The summed E-state index contributed by atoms with van der Waals surface area (Å²) in [5.41, 5.74) is 1.85. The highest BCUT2D eigenvalue weighted by molar-refractivity contribution is 6.00. The summed E-state index contributed by atoms with van der Waals surface area (Å²) in [6.45, 7) is 4.15. The molecule has 3 nitrogen and oxygen atoms in total. The van der Waals surface area contributed by atoms with Crippen molar-refractivity contribution in [2.45, 2.75) is 12.3 Å². The highest BCUT2D eigenvalue weighted by Crippen LogP contribution is 2.51. The fourth-order valence-electron chi connectivity index (χ4n) is 2.86. The minimum atomic E-state index is 0.0388. The van der Waals surface area contributed by atoms with Gasteiger partial charge >= 0.3 is 0 Å². The third-order valence-corrected chi connectivity index (χ3v) is 4.18. The molecule has 0 unspecified atom stereocenters. The Morgan fingerprint density at radius 1 is 1.22 bits per heavy atom. The highest BCUT2D eigenvalue weighted by Gasteiger charge is 2.45. The van der Waals surface area contributed by atoms with E-state index >= 15 is 0 Å². The van der Waals surface area contributed by atoms with Crippen LogP contribution in [0.15, 0.2) is 61.2 Å². The third kappa shape index (κ3) is 3.29. The summed E-state index contributed by atoms with van der Waals surface area (Å²) in [6.07, 6.45) is 2.60. The first kappa shape index (κ1) is 15.3. The molecular formula is C20H20O3. The lowest BCUT2D eigenvalue weighted by Crippen LogP contribution is -2.04. The highest BCUT2D eigenvalue weighted by atomic mass is 16.5. The molecule has 0 amide bonds. The van der Waals surface area contributed by atoms with Gasteiger partial charge in [-0.3, -0.25) is 4.79 Å². The van der Waals surface area contributed by atoms with Gasteiger partial charge in [0.25, 0.3) is 0 Å². The Hall–Kier alpha value is -2.55. The second kappa shape index (κ2) is 6.69. The van der Waals surface area contributed by atoms with Crippen molar-refractivity contribution in [3.63, 3.8) is 0 Å². The molecule has 0 radical (unpaired) electrons. The number of ketones is 1. The zero-order valence-electron chi connectivity index (χ0n) is 13.2. The van der Waals surface area contributed by atoms with Crippen molar-refractivity contribution in [1.82, 2.24) is 0 Å². The molecule has 1 aliphatic carbocycles. The van der Waals surface area contributed by atoms with Crippen LogP contribution in [0.25, 0.3) is 0 Å². The minimum absolute atomic E-state index is 0.0388. The Bertz CT molecular complexity index is 703. The second-order valence-electron chi connectivity index (χ2n) is 5.68. The number of carbonyl (C=O) groups is 1. The van der Waals surface area contributed by atoms with E-state index in [0.29, 0.717) is 6.61 Å². The average molecular weight is 308 g/mol. The van der Waals surface area contributed by atoms with E-state index in [-0.39, 0.29) is 17.6 Å². The molecule has 3 heteroatoms. The monoisotopic (exact) mass is 308 g/mol. The largest absolute Gasteiger partial charge is 0.497 e. The lowest BCUT2D eigenvalue weighted by atomic mass is 10.0. The van der Waals surface area contributed by atoms with Gasteiger partial charge in [-0.25, -0.2) is 0 Å². The van der Waals surface area contributed by atoms with Crippen LogP contribution >= 0.6 is 0 Å². The van der Waals surface area contributed by atoms with E-state index in [1.807, 2.05) is 48.5 Å². The molecule has 0 bridgehead atoms. The van der Waals surface area contributed by atoms with Gasteiger partial charge in [0.15, 0.2) is 5.78 Å². The predicted octanol–water partition coefficient (Wildman–Crippen LogP) is 4.25. The van der Waals surface area contributed by atoms with Gasteiger partial charge in [-0.05, 0) is 48.2 Å². The SMILES string of the molecule is C=CCOc1ccccc1[C@H]1C[C@@H]1C(=O)c1ccc(OC)cc1. The molecule has 0 heterocycles. The van der Waals surface area contributed by atoms with Crippen LogP contribution in [0.2, 0.25) is 0 Å². The Morgan fingerprint density at radius 3 is 2.65 bits per heavy atom. The van der Waals surface area contributed by atoms with Gasteiger partial charge in [0.2, 0.25) is 0 Å². The van der Waals surface area contributed by atoms with Crippen LogP contribution in [0.5, 0.6) is 11.5 Å². The van der Waals surface area contributed by atoms with Crippen LogP contribution in [0, 0.1) is 5.92 Å². The molecule has 23 heavy (non-hydrogen) atoms. The van der Waals surface area contributed by atoms with E-state index in [9.17, 15) is 4.79 Å². The van der Waals surface area contributed by atoms with Gasteiger partial charge in [0.05, 0.1) is 7.11 Å². The minimum Gasteiger partial charge on any atom is -0.497 e. The molecule has 2 atom stereocenters. The first-order valence-electron chi connectivity index (χ1n) is 7.75. The van der Waals surface area contributed by atoms with Crippen LogP contribution in [0.3, 0.4) is 0 Å². The number of hydrogen-bond acceptors (Lipinski definition) is 3. The van der Waals surface area contributed by atoms with Crippen molar-refractivity contribution in [3.8, 4) is 11.5 Å². The number of para-hydroxylation sites is 1. The summed E-state index contributed by atoms with van der Waals surface area (Å²) in [4.78, 5) is 12.6. The number of rotatable bonds is 7. The number of ether oxygens (including phenoxy) is 2. The van der Waals surface area contributed by atoms with Crippen LogP contribution in [0.1, 0.15) is 28.3 Å². The summed E-state index contributed by atoms with van der Waals surface area (Å²) in [5.74, 6) is 2.08. The first-order chi connectivity index (χ1) is 11.2. The van der Waals surface area contributed by atoms with Crippen molar-refractivity contribution in [3.05, 3.63) is 72.3 Å². The number of hydrogen-bond donors (Lipinski definition) is 0. The summed E-state index contributed by atoms with van der Waals surface area (Å²) >= 11 is 0. The van der Waals surface area contributed by atoms with Gasteiger partial charge in [-0.1, -0.05) is 30.9 Å². The van der Waals surface area contributed by atoms with E-state index in [4.69, 9.17) is 9.47 Å². The summed E-state index contributed by atoms with van der Waals surface area (Å²) < 4.78 is 10.8. The molecule has 0 aliphatic heterocycles. The molecule has 2 aromatic carbocycles. The Balaban J connectivity index is 1.73. The van der Waals surface area contributed by atoms with E-state index in [2.05, 4.69) is 6.58 Å². The molecule has 0 saturated heterocycles. The van der Waals surface area contributed by atoms with Crippen LogP contribution in [-0.2, 0) is 0 Å². The zero-order valence-corrected chi connectivity index (χ0v) is 13.2. The van der Waals surface area contributed by atoms with Gasteiger partial charge in [0.1, 0.15) is 18.1 Å². The fourth-order valence-corrected chi connectivity index (χ4v) is 2.86. The first-order valence-corrected chi connectivity index (χ1v) is 7.75. The molecule has 2 aromatic rings. The Morgan fingerprint density at radius 2 is 1.96 bits per heavy atom. The lowest BCUT2D eigenvalue weighted by Gasteiger charge is -2.09. The van der Waals surface area contributed by atoms with Gasteiger partial charge < -0.3 is 9.47 Å². The molecule has 3 rings (SSSR count). The maximum atomic E-state index is 12.6. The van der Waals surface area contributed by atoms with Gasteiger partial charge in [-0.2, -0.15) is 0 Å². The summed E-state index contributed by atoms with van der Waals surface area (Å²) in [6, 6.07) is 15.2. The van der Waals surface area contributed by atoms with Crippen molar-refractivity contribution in [1.29, 1.82) is 0 Å². The quantitative estimate of drug-likeness (QED) is 0.567. The molecule has 0 aromatic heterocycles. The molecule has 0 N–H and O–H groups in total. The Kier molecular flexibility index (Phi) is 4.47. The number of carbonyl (C=O) groups excluding carboxylic acids is 1.